The summed E-state index contributed by atoms with van der Waals surface area (Å²) in [5.41, 5.74) is 0.972. The smallest absolute Gasteiger partial charge is 0.221 e. The average molecular weight is 323 g/mol. The van der Waals surface area contributed by atoms with Crippen LogP contribution in [0.1, 0.15) is 45.1 Å². The molecule has 1 fully saturated rings. The van der Waals surface area contributed by atoms with Crippen LogP contribution < -0.4 is 5.32 Å². The number of rotatable bonds is 6. The topological polar surface area (TPSA) is 29.1 Å². The Morgan fingerprint density at radius 2 is 2.18 bits per heavy atom. The zero-order valence-electron chi connectivity index (χ0n) is 13.5. The largest absolute Gasteiger partial charge is 0.353 e. The molecule has 0 bridgehead atoms. The maximum absolute atomic E-state index is 13.1. The van der Waals surface area contributed by atoms with E-state index < -0.39 is 0 Å². The predicted molar refractivity (Wildman–Crippen MR) is 91.3 cm³/mol. The first kappa shape index (κ1) is 17.3. The number of hydrogen-bond donors (Lipinski definition) is 1. The lowest BCUT2D eigenvalue weighted by molar-refractivity contribution is -0.122. The fourth-order valence-corrected chi connectivity index (χ4v) is 3.94. The molecular formula is C18H26FNOS. The van der Waals surface area contributed by atoms with Crippen molar-refractivity contribution in [3.63, 3.8) is 0 Å². The van der Waals surface area contributed by atoms with E-state index in [4.69, 9.17) is 0 Å². The Morgan fingerprint density at radius 1 is 1.36 bits per heavy atom. The minimum atomic E-state index is -0.198. The molecule has 0 radical (unpaired) electrons. The number of amides is 1. The van der Waals surface area contributed by atoms with E-state index in [1.54, 1.807) is 23.9 Å². The van der Waals surface area contributed by atoms with Gasteiger partial charge in [-0.25, -0.2) is 4.39 Å². The monoisotopic (exact) mass is 323 g/mol. The Morgan fingerprint density at radius 3 is 2.95 bits per heavy atom. The SMILES string of the molecule is CC1CCCC(NC(=O)CCSCc2cccc(F)c2)C1C. The second-order valence-corrected chi connectivity index (χ2v) is 7.48. The average Bonchev–Trinajstić information content (AvgIpc) is 2.49. The van der Waals surface area contributed by atoms with Gasteiger partial charge in [0.15, 0.2) is 0 Å². The minimum Gasteiger partial charge on any atom is -0.353 e. The molecule has 0 aromatic heterocycles. The molecule has 2 nitrogen and oxygen atoms in total. The van der Waals surface area contributed by atoms with Crippen molar-refractivity contribution >= 4 is 17.7 Å². The van der Waals surface area contributed by atoms with Gasteiger partial charge in [0, 0.05) is 24.0 Å². The molecular weight excluding hydrogens is 297 g/mol. The number of carbonyl (C=O) groups excluding carboxylic acids is 1. The summed E-state index contributed by atoms with van der Waals surface area (Å²) in [6.07, 6.45) is 4.13. The molecule has 1 aromatic carbocycles. The van der Waals surface area contributed by atoms with Gasteiger partial charge in [-0.3, -0.25) is 4.79 Å². The van der Waals surface area contributed by atoms with Gasteiger partial charge in [0.2, 0.25) is 5.91 Å². The van der Waals surface area contributed by atoms with Crippen molar-refractivity contribution in [1.82, 2.24) is 5.32 Å². The minimum absolute atomic E-state index is 0.151. The standard InChI is InChI=1S/C18H26FNOS/c1-13-5-3-8-17(14(13)2)20-18(21)9-10-22-12-15-6-4-7-16(19)11-15/h4,6-7,11,13-14,17H,3,5,8-10,12H2,1-2H3,(H,20,21). The summed E-state index contributed by atoms with van der Waals surface area (Å²) in [6, 6.07) is 6.99. The quantitative estimate of drug-likeness (QED) is 0.787. The van der Waals surface area contributed by atoms with Crippen molar-refractivity contribution in [2.24, 2.45) is 11.8 Å². The Balaban J connectivity index is 1.65. The van der Waals surface area contributed by atoms with E-state index in [2.05, 4.69) is 19.2 Å². The summed E-state index contributed by atoms with van der Waals surface area (Å²) >= 11 is 1.68. The summed E-state index contributed by atoms with van der Waals surface area (Å²) in [5.74, 6) is 2.74. The highest BCUT2D eigenvalue weighted by Crippen LogP contribution is 2.29. The van der Waals surface area contributed by atoms with Gasteiger partial charge < -0.3 is 5.32 Å². The van der Waals surface area contributed by atoms with Crippen LogP contribution in [0.5, 0.6) is 0 Å². The Hall–Kier alpha value is -1.03. The van der Waals surface area contributed by atoms with Crippen LogP contribution >= 0.6 is 11.8 Å². The molecule has 0 spiro atoms. The normalized spacial score (nSPS) is 25.0. The fraction of sp³-hybridized carbons (Fsp3) is 0.611. The van der Waals surface area contributed by atoms with E-state index in [0.717, 1.165) is 23.5 Å². The summed E-state index contributed by atoms with van der Waals surface area (Å²) in [6.45, 7) is 4.52. The third kappa shape index (κ3) is 5.31. The number of nitrogens with one attached hydrogen (secondary N) is 1. The highest BCUT2D eigenvalue weighted by atomic mass is 32.2. The van der Waals surface area contributed by atoms with Gasteiger partial charge >= 0.3 is 0 Å². The molecule has 0 saturated heterocycles. The van der Waals surface area contributed by atoms with Gasteiger partial charge in [0.1, 0.15) is 5.82 Å². The molecule has 1 aromatic rings. The van der Waals surface area contributed by atoms with Crippen LogP contribution in [0.3, 0.4) is 0 Å². The molecule has 0 heterocycles. The molecule has 122 valence electrons. The highest BCUT2D eigenvalue weighted by Gasteiger charge is 2.27. The summed E-state index contributed by atoms with van der Waals surface area (Å²) in [5, 5.41) is 3.19. The summed E-state index contributed by atoms with van der Waals surface area (Å²) in [7, 11) is 0. The van der Waals surface area contributed by atoms with Gasteiger partial charge in [-0.15, -0.1) is 0 Å². The van der Waals surface area contributed by atoms with Crippen LogP contribution in [0.25, 0.3) is 0 Å². The van der Waals surface area contributed by atoms with Crippen LogP contribution in [0.4, 0.5) is 4.39 Å². The third-order valence-corrected chi connectivity index (χ3v) is 5.71. The van der Waals surface area contributed by atoms with Gasteiger partial charge in [-0.05, 0) is 36.0 Å². The molecule has 2 rings (SSSR count). The predicted octanol–water partition coefficient (Wildman–Crippen LogP) is 4.39. The molecule has 1 aliphatic rings. The first-order chi connectivity index (χ1) is 10.6. The van der Waals surface area contributed by atoms with Crippen molar-refractivity contribution in [2.75, 3.05) is 5.75 Å². The van der Waals surface area contributed by atoms with Crippen molar-refractivity contribution in [1.29, 1.82) is 0 Å². The first-order valence-corrected chi connectivity index (χ1v) is 9.33. The molecule has 22 heavy (non-hydrogen) atoms. The molecule has 1 amide bonds. The van der Waals surface area contributed by atoms with Crippen LogP contribution in [-0.4, -0.2) is 17.7 Å². The van der Waals surface area contributed by atoms with E-state index in [1.807, 2.05) is 6.07 Å². The number of hydrogen-bond acceptors (Lipinski definition) is 2. The lowest BCUT2D eigenvalue weighted by Crippen LogP contribution is -2.43. The van der Waals surface area contributed by atoms with Crippen molar-refractivity contribution in [2.45, 2.75) is 51.3 Å². The first-order valence-electron chi connectivity index (χ1n) is 8.18. The van der Waals surface area contributed by atoms with Crippen LogP contribution in [-0.2, 0) is 10.5 Å². The number of carbonyl (C=O) groups is 1. The highest BCUT2D eigenvalue weighted by molar-refractivity contribution is 7.98. The molecule has 0 aliphatic heterocycles. The molecule has 4 heteroatoms. The van der Waals surface area contributed by atoms with Crippen LogP contribution in [0.15, 0.2) is 24.3 Å². The van der Waals surface area contributed by atoms with E-state index in [1.165, 1.54) is 18.9 Å². The van der Waals surface area contributed by atoms with Crippen molar-refractivity contribution in [3.05, 3.63) is 35.6 Å². The van der Waals surface area contributed by atoms with Gasteiger partial charge in [0.25, 0.3) is 0 Å². The van der Waals surface area contributed by atoms with Crippen LogP contribution in [0.2, 0.25) is 0 Å². The van der Waals surface area contributed by atoms with E-state index >= 15 is 0 Å². The molecule has 1 aliphatic carbocycles. The fourth-order valence-electron chi connectivity index (χ4n) is 3.05. The Bertz CT molecular complexity index is 494. The second kappa shape index (κ2) is 8.56. The summed E-state index contributed by atoms with van der Waals surface area (Å²) < 4.78 is 13.1. The molecule has 3 atom stereocenters. The number of halogens is 1. The molecule has 3 unspecified atom stereocenters. The second-order valence-electron chi connectivity index (χ2n) is 6.37. The zero-order valence-corrected chi connectivity index (χ0v) is 14.3. The van der Waals surface area contributed by atoms with Gasteiger partial charge in [-0.1, -0.05) is 38.8 Å². The maximum atomic E-state index is 13.1. The van der Waals surface area contributed by atoms with Gasteiger partial charge in [-0.2, -0.15) is 11.8 Å². The van der Waals surface area contributed by atoms with E-state index in [9.17, 15) is 9.18 Å². The van der Waals surface area contributed by atoms with E-state index in [-0.39, 0.29) is 11.7 Å². The number of thioether (sulfide) groups is 1. The number of benzene rings is 1. The van der Waals surface area contributed by atoms with Gasteiger partial charge in [0.05, 0.1) is 0 Å². The Kier molecular flexibility index (Phi) is 6.74. The Labute approximate surface area is 137 Å². The van der Waals surface area contributed by atoms with E-state index in [0.29, 0.717) is 24.3 Å². The van der Waals surface area contributed by atoms with Crippen molar-refractivity contribution < 1.29 is 9.18 Å². The lowest BCUT2D eigenvalue weighted by atomic mass is 9.78. The zero-order chi connectivity index (χ0) is 15.9. The molecule has 1 saturated carbocycles. The third-order valence-electron chi connectivity index (χ3n) is 4.68. The maximum Gasteiger partial charge on any atom is 0.221 e. The summed E-state index contributed by atoms with van der Waals surface area (Å²) in [4.78, 5) is 12.0. The van der Waals surface area contributed by atoms with Crippen molar-refractivity contribution in [3.8, 4) is 0 Å². The van der Waals surface area contributed by atoms with Crippen LogP contribution in [0, 0.1) is 17.7 Å². The lowest BCUT2D eigenvalue weighted by Gasteiger charge is -2.34. The molecule has 1 N–H and O–H groups in total.